The largest absolute Gasteiger partial charge is 0.320 e. The number of hydrogen-bond donors (Lipinski definition) is 0. The fourth-order valence-corrected chi connectivity index (χ4v) is 3.30. The Balaban J connectivity index is 1.92. The molecule has 0 saturated heterocycles. The van der Waals surface area contributed by atoms with E-state index in [2.05, 4.69) is 56.8 Å². The van der Waals surface area contributed by atoms with Gasteiger partial charge in [-0.2, -0.15) is 4.57 Å². The van der Waals surface area contributed by atoms with Crippen LogP contribution in [0.15, 0.2) is 24.5 Å². The van der Waals surface area contributed by atoms with Crippen molar-refractivity contribution in [3.8, 4) is 0 Å². The minimum absolute atomic E-state index is 0.428. The van der Waals surface area contributed by atoms with Crippen molar-refractivity contribution in [3.05, 3.63) is 30.1 Å². The van der Waals surface area contributed by atoms with Crippen molar-refractivity contribution in [1.29, 1.82) is 0 Å². The van der Waals surface area contributed by atoms with Crippen molar-refractivity contribution in [2.45, 2.75) is 66.2 Å². The van der Waals surface area contributed by atoms with Crippen LogP contribution in [0.4, 0.5) is 0 Å². The summed E-state index contributed by atoms with van der Waals surface area (Å²) in [5.74, 6) is 2.25. The normalized spacial score (nSPS) is 26.9. The Hall–Kier alpha value is -0.890. The van der Waals surface area contributed by atoms with Gasteiger partial charge in [0.15, 0.2) is 12.4 Å². The Morgan fingerprint density at radius 2 is 1.95 bits per heavy atom. The molecule has 3 atom stereocenters. The molecule has 1 fully saturated rings. The first kappa shape index (κ1) is 15.5. The molecule has 1 aliphatic rings. The fraction of sp³-hybridized carbons (Fsp3) is 0.722. The van der Waals surface area contributed by atoms with E-state index >= 15 is 0 Å². The van der Waals surface area contributed by atoms with Crippen molar-refractivity contribution in [2.24, 2.45) is 17.8 Å². The van der Waals surface area contributed by atoms with Crippen molar-refractivity contribution in [1.82, 2.24) is 0 Å². The maximum Gasteiger partial charge on any atom is 0.252 e. The third-order valence-corrected chi connectivity index (χ3v) is 4.77. The highest BCUT2D eigenvalue weighted by Crippen LogP contribution is 2.35. The zero-order valence-corrected chi connectivity index (χ0v) is 13.5. The Kier molecular flexibility index (Phi) is 5.59. The summed E-state index contributed by atoms with van der Waals surface area (Å²) >= 11 is 0. The highest BCUT2D eigenvalue weighted by atomic mass is 16.5. The number of nitrogens with zero attached hydrogens (tertiary/aromatic N) is 1. The number of aryl methyl sites for hydroxylation is 1. The van der Waals surface area contributed by atoms with Crippen LogP contribution in [-0.2, 0) is 17.9 Å². The van der Waals surface area contributed by atoms with Gasteiger partial charge >= 0.3 is 0 Å². The lowest BCUT2D eigenvalue weighted by Gasteiger charge is -2.36. The third kappa shape index (κ3) is 4.05. The van der Waals surface area contributed by atoms with Gasteiger partial charge in [-0.1, -0.05) is 34.1 Å². The van der Waals surface area contributed by atoms with Crippen LogP contribution < -0.4 is 4.57 Å². The van der Waals surface area contributed by atoms with Crippen LogP contribution in [0, 0.1) is 17.8 Å². The summed E-state index contributed by atoms with van der Waals surface area (Å²) in [7, 11) is 0. The van der Waals surface area contributed by atoms with Crippen LogP contribution in [0.2, 0.25) is 0 Å². The summed E-state index contributed by atoms with van der Waals surface area (Å²) in [6, 6.07) is 4.37. The second-order valence-corrected chi connectivity index (χ2v) is 6.73. The van der Waals surface area contributed by atoms with E-state index in [4.69, 9.17) is 4.74 Å². The zero-order chi connectivity index (χ0) is 14.5. The van der Waals surface area contributed by atoms with Crippen molar-refractivity contribution >= 4 is 0 Å². The molecular formula is C18H30NO+. The molecule has 2 heteroatoms. The standard InChI is InChI=1S/C18H30NO/c1-5-16-8-10-19(11-9-16)13-20-18-12-15(4)6-7-17(18)14(2)3/h8-11,14-15,17-18H,5-7,12-13H2,1-4H3/q+1/t15-,17+,18-/m1/s1. The summed E-state index contributed by atoms with van der Waals surface area (Å²) in [6.45, 7) is 9.90. The molecule has 2 nitrogen and oxygen atoms in total. The van der Waals surface area contributed by atoms with Crippen molar-refractivity contribution in [3.63, 3.8) is 0 Å². The molecule has 1 aromatic rings. The summed E-state index contributed by atoms with van der Waals surface area (Å²) in [5, 5.41) is 0. The molecule has 1 heterocycles. The van der Waals surface area contributed by atoms with Gasteiger partial charge in [0.2, 0.25) is 0 Å². The van der Waals surface area contributed by atoms with Crippen LogP contribution in [0.5, 0.6) is 0 Å². The SMILES string of the molecule is CCc1cc[n+](CO[C@@H]2C[C@H](C)CC[C@H]2C(C)C)cc1. The van der Waals surface area contributed by atoms with E-state index in [0.29, 0.717) is 12.8 Å². The molecule has 2 rings (SSSR count). The van der Waals surface area contributed by atoms with Gasteiger partial charge in [-0.3, -0.25) is 0 Å². The molecule has 1 aliphatic carbocycles. The molecule has 1 aromatic heterocycles. The monoisotopic (exact) mass is 276 g/mol. The number of ether oxygens (including phenoxy) is 1. The lowest BCUT2D eigenvalue weighted by atomic mass is 9.75. The maximum atomic E-state index is 6.25. The van der Waals surface area contributed by atoms with Gasteiger partial charge in [0.25, 0.3) is 6.73 Å². The van der Waals surface area contributed by atoms with E-state index in [9.17, 15) is 0 Å². The summed E-state index contributed by atoms with van der Waals surface area (Å²) in [4.78, 5) is 0. The summed E-state index contributed by atoms with van der Waals surface area (Å²) in [5.41, 5.74) is 1.38. The second kappa shape index (κ2) is 7.21. The smallest absolute Gasteiger partial charge is 0.252 e. The molecule has 0 spiro atoms. The van der Waals surface area contributed by atoms with Gasteiger partial charge in [0.05, 0.1) is 6.10 Å². The third-order valence-electron chi connectivity index (χ3n) is 4.77. The molecule has 1 saturated carbocycles. The Labute approximate surface area is 124 Å². The predicted molar refractivity (Wildman–Crippen MR) is 82.2 cm³/mol. The van der Waals surface area contributed by atoms with Crippen LogP contribution >= 0.6 is 0 Å². The number of aromatic nitrogens is 1. The highest BCUT2D eigenvalue weighted by Gasteiger charge is 2.31. The Bertz CT molecular complexity index is 398. The predicted octanol–water partition coefficient (Wildman–Crippen LogP) is 3.97. The molecule has 0 aliphatic heterocycles. The first-order valence-electron chi connectivity index (χ1n) is 8.19. The summed E-state index contributed by atoms with van der Waals surface area (Å²) in [6.07, 6.45) is 9.69. The lowest BCUT2D eigenvalue weighted by Crippen LogP contribution is -2.41. The molecule has 112 valence electrons. The van der Waals surface area contributed by atoms with Crippen molar-refractivity contribution in [2.75, 3.05) is 0 Å². The molecule has 20 heavy (non-hydrogen) atoms. The van der Waals surface area contributed by atoms with E-state index in [0.717, 1.165) is 24.2 Å². The van der Waals surface area contributed by atoms with Gasteiger partial charge in [-0.15, -0.1) is 0 Å². The quantitative estimate of drug-likeness (QED) is 0.742. The molecule has 0 aromatic carbocycles. The van der Waals surface area contributed by atoms with Crippen LogP contribution in [0.25, 0.3) is 0 Å². The molecule has 0 amide bonds. The zero-order valence-electron chi connectivity index (χ0n) is 13.5. The molecular weight excluding hydrogens is 246 g/mol. The molecule has 0 bridgehead atoms. The van der Waals surface area contributed by atoms with E-state index in [-0.39, 0.29) is 0 Å². The Morgan fingerprint density at radius 3 is 2.55 bits per heavy atom. The first-order valence-corrected chi connectivity index (χ1v) is 8.19. The minimum Gasteiger partial charge on any atom is -0.320 e. The van der Waals surface area contributed by atoms with Gasteiger partial charge in [-0.05, 0) is 42.6 Å². The van der Waals surface area contributed by atoms with Crippen molar-refractivity contribution < 1.29 is 9.30 Å². The molecule has 0 N–H and O–H groups in total. The Morgan fingerprint density at radius 1 is 1.25 bits per heavy atom. The fourth-order valence-electron chi connectivity index (χ4n) is 3.30. The van der Waals surface area contributed by atoms with Gasteiger partial charge in [0.1, 0.15) is 0 Å². The van der Waals surface area contributed by atoms with Crippen LogP contribution in [0.1, 0.15) is 52.5 Å². The van der Waals surface area contributed by atoms with Gasteiger partial charge in [-0.25, -0.2) is 0 Å². The number of rotatable bonds is 5. The molecule has 0 radical (unpaired) electrons. The topological polar surface area (TPSA) is 13.1 Å². The van der Waals surface area contributed by atoms with E-state index < -0.39 is 0 Å². The lowest BCUT2D eigenvalue weighted by molar-refractivity contribution is -0.735. The molecule has 0 unspecified atom stereocenters. The highest BCUT2D eigenvalue weighted by molar-refractivity contribution is 5.06. The average Bonchev–Trinajstić information content (AvgIpc) is 2.45. The maximum absolute atomic E-state index is 6.25. The van der Waals surface area contributed by atoms with E-state index in [1.807, 2.05) is 0 Å². The number of pyridine rings is 1. The first-order chi connectivity index (χ1) is 9.60. The van der Waals surface area contributed by atoms with Gasteiger partial charge < -0.3 is 4.74 Å². The second-order valence-electron chi connectivity index (χ2n) is 6.73. The summed E-state index contributed by atoms with van der Waals surface area (Å²) < 4.78 is 8.40. The van der Waals surface area contributed by atoms with E-state index in [1.54, 1.807) is 0 Å². The van der Waals surface area contributed by atoms with Gasteiger partial charge in [0, 0.05) is 12.1 Å². The van der Waals surface area contributed by atoms with Crippen LogP contribution in [-0.4, -0.2) is 6.10 Å². The average molecular weight is 276 g/mol. The minimum atomic E-state index is 0.428. The van der Waals surface area contributed by atoms with Crippen LogP contribution in [0.3, 0.4) is 0 Å². The van der Waals surface area contributed by atoms with E-state index in [1.165, 1.54) is 24.8 Å². The number of hydrogen-bond acceptors (Lipinski definition) is 1.